The van der Waals surface area contributed by atoms with Gasteiger partial charge in [-0.05, 0) is 37.5 Å². The van der Waals surface area contributed by atoms with Gasteiger partial charge < -0.3 is 14.8 Å². The van der Waals surface area contributed by atoms with Crippen LogP contribution in [0.1, 0.15) is 25.8 Å². The van der Waals surface area contributed by atoms with E-state index in [1.807, 2.05) is 24.3 Å². The van der Waals surface area contributed by atoms with E-state index in [4.69, 9.17) is 9.47 Å². The van der Waals surface area contributed by atoms with E-state index in [9.17, 15) is 0 Å². The van der Waals surface area contributed by atoms with E-state index in [1.54, 1.807) is 7.11 Å². The number of benzene rings is 1. The molecule has 3 heteroatoms. The average Bonchev–Trinajstić information content (AvgIpc) is 2.44. The molecule has 0 saturated carbocycles. The molecule has 19 heavy (non-hydrogen) atoms. The third-order valence-electron chi connectivity index (χ3n) is 3.07. The molecule has 3 nitrogen and oxygen atoms in total. The van der Waals surface area contributed by atoms with Crippen LogP contribution in [0.5, 0.6) is 11.5 Å². The monoisotopic (exact) mass is 263 g/mol. The summed E-state index contributed by atoms with van der Waals surface area (Å²) in [4.78, 5) is 0. The lowest BCUT2D eigenvalue weighted by Gasteiger charge is -2.14. The van der Waals surface area contributed by atoms with E-state index in [0.717, 1.165) is 30.9 Å². The van der Waals surface area contributed by atoms with Crippen LogP contribution in [0, 0.1) is 0 Å². The van der Waals surface area contributed by atoms with Crippen molar-refractivity contribution < 1.29 is 9.47 Å². The second-order valence-electron chi connectivity index (χ2n) is 4.59. The van der Waals surface area contributed by atoms with Crippen LogP contribution in [0.4, 0.5) is 0 Å². The van der Waals surface area contributed by atoms with Crippen LogP contribution in [-0.4, -0.2) is 26.3 Å². The van der Waals surface area contributed by atoms with Crippen molar-refractivity contribution in [2.24, 2.45) is 0 Å². The van der Waals surface area contributed by atoms with Crippen molar-refractivity contribution in [1.82, 2.24) is 5.32 Å². The molecule has 106 valence electrons. The first-order valence-electron chi connectivity index (χ1n) is 6.85. The second-order valence-corrected chi connectivity index (χ2v) is 4.59. The van der Waals surface area contributed by atoms with E-state index in [2.05, 4.69) is 25.7 Å². The van der Waals surface area contributed by atoms with Crippen molar-refractivity contribution in [3.8, 4) is 11.5 Å². The molecule has 0 radical (unpaired) electrons. The van der Waals surface area contributed by atoms with E-state index in [0.29, 0.717) is 12.6 Å². The zero-order valence-corrected chi connectivity index (χ0v) is 12.2. The van der Waals surface area contributed by atoms with Gasteiger partial charge in [-0.15, -0.1) is 6.58 Å². The van der Waals surface area contributed by atoms with E-state index in [1.165, 1.54) is 5.56 Å². The van der Waals surface area contributed by atoms with Crippen molar-refractivity contribution in [3.05, 3.63) is 36.4 Å². The number of allylic oxidation sites excluding steroid dienone is 1. The highest BCUT2D eigenvalue weighted by molar-refractivity contribution is 5.43. The predicted molar refractivity (Wildman–Crippen MR) is 80.1 cm³/mol. The van der Waals surface area contributed by atoms with Gasteiger partial charge in [0.15, 0.2) is 11.5 Å². The summed E-state index contributed by atoms with van der Waals surface area (Å²) >= 11 is 0. The SMILES string of the molecule is C=CCc1ccc(OCCNC(C)CC)c(OC)c1. The Kier molecular flexibility index (Phi) is 7.04. The van der Waals surface area contributed by atoms with Gasteiger partial charge in [0, 0.05) is 12.6 Å². The maximum atomic E-state index is 5.74. The summed E-state index contributed by atoms with van der Waals surface area (Å²) in [7, 11) is 1.66. The normalized spacial score (nSPS) is 11.9. The minimum absolute atomic E-state index is 0.528. The van der Waals surface area contributed by atoms with Crippen molar-refractivity contribution in [2.45, 2.75) is 32.7 Å². The molecule has 1 aromatic rings. The first kappa shape index (κ1) is 15.6. The molecule has 0 amide bonds. The fourth-order valence-corrected chi connectivity index (χ4v) is 1.74. The fraction of sp³-hybridized carbons (Fsp3) is 0.500. The molecule has 1 rings (SSSR count). The summed E-state index contributed by atoms with van der Waals surface area (Å²) in [5.41, 5.74) is 1.18. The summed E-state index contributed by atoms with van der Waals surface area (Å²) < 4.78 is 11.1. The lowest BCUT2D eigenvalue weighted by atomic mass is 10.1. The van der Waals surface area contributed by atoms with Crippen molar-refractivity contribution in [3.63, 3.8) is 0 Å². The Hall–Kier alpha value is -1.48. The van der Waals surface area contributed by atoms with Crippen LogP contribution in [-0.2, 0) is 6.42 Å². The van der Waals surface area contributed by atoms with Gasteiger partial charge in [0.1, 0.15) is 6.61 Å². The standard InChI is InChI=1S/C16H25NO2/c1-5-7-14-8-9-15(16(12-14)18-4)19-11-10-17-13(3)6-2/h5,8-9,12-13,17H,1,6-7,10-11H2,2-4H3. The maximum absolute atomic E-state index is 5.74. The summed E-state index contributed by atoms with van der Waals surface area (Å²) in [6.45, 7) is 9.56. The van der Waals surface area contributed by atoms with Gasteiger partial charge in [-0.3, -0.25) is 0 Å². The molecule has 1 unspecified atom stereocenters. The zero-order valence-electron chi connectivity index (χ0n) is 12.2. The molecule has 1 N–H and O–H groups in total. The Balaban J connectivity index is 2.50. The summed E-state index contributed by atoms with van der Waals surface area (Å²) in [5.74, 6) is 1.57. The summed E-state index contributed by atoms with van der Waals surface area (Å²) in [6.07, 6.45) is 3.84. The highest BCUT2D eigenvalue weighted by Crippen LogP contribution is 2.28. The van der Waals surface area contributed by atoms with Gasteiger partial charge in [-0.2, -0.15) is 0 Å². The van der Waals surface area contributed by atoms with Crippen LogP contribution in [0.2, 0.25) is 0 Å². The molecule has 1 atom stereocenters. The van der Waals surface area contributed by atoms with Crippen LogP contribution in [0.25, 0.3) is 0 Å². The molecule has 0 heterocycles. The van der Waals surface area contributed by atoms with Crippen LogP contribution in [0.3, 0.4) is 0 Å². The quantitative estimate of drug-likeness (QED) is 0.548. The van der Waals surface area contributed by atoms with E-state index in [-0.39, 0.29) is 0 Å². The Bertz CT molecular complexity index is 390. The van der Waals surface area contributed by atoms with Crippen molar-refractivity contribution in [2.75, 3.05) is 20.3 Å². The van der Waals surface area contributed by atoms with Gasteiger partial charge >= 0.3 is 0 Å². The molecule has 0 spiro atoms. The molecular formula is C16H25NO2. The molecule has 1 aromatic carbocycles. The Morgan fingerprint density at radius 1 is 1.37 bits per heavy atom. The Labute approximate surface area is 116 Å². The van der Waals surface area contributed by atoms with E-state index < -0.39 is 0 Å². The van der Waals surface area contributed by atoms with Gasteiger partial charge in [-0.25, -0.2) is 0 Å². The molecular weight excluding hydrogens is 238 g/mol. The topological polar surface area (TPSA) is 30.5 Å². The average molecular weight is 263 g/mol. The van der Waals surface area contributed by atoms with Crippen LogP contribution >= 0.6 is 0 Å². The molecule has 0 aliphatic rings. The van der Waals surface area contributed by atoms with Gasteiger partial charge in [0.2, 0.25) is 0 Å². The maximum Gasteiger partial charge on any atom is 0.161 e. The third kappa shape index (κ3) is 5.35. The Morgan fingerprint density at radius 3 is 2.79 bits per heavy atom. The minimum atomic E-state index is 0.528. The predicted octanol–water partition coefficient (Wildman–Crippen LogP) is 3.19. The highest BCUT2D eigenvalue weighted by atomic mass is 16.5. The van der Waals surface area contributed by atoms with Gasteiger partial charge in [-0.1, -0.05) is 19.1 Å². The number of hydrogen-bond donors (Lipinski definition) is 1. The largest absolute Gasteiger partial charge is 0.493 e. The van der Waals surface area contributed by atoms with E-state index >= 15 is 0 Å². The summed E-state index contributed by atoms with van der Waals surface area (Å²) in [5, 5.41) is 3.39. The van der Waals surface area contributed by atoms with Crippen molar-refractivity contribution >= 4 is 0 Å². The Morgan fingerprint density at radius 2 is 2.16 bits per heavy atom. The molecule has 0 saturated heterocycles. The number of methoxy groups -OCH3 is 1. The molecule has 0 aromatic heterocycles. The first-order valence-corrected chi connectivity index (χ1v) is 6.85. The van der Waals surface area contributed by atoms with Crippen molar-refractivity contribution in [1.29, 1.82) is 0 Å². The first-order chi connectivity index (χ1) is 9.21. The lowest BCUT2D eigenvalue weighted by molar-refractivity contribution is 0.286. The number of nitrogens with one attached hydrogen (secondary N) is 1. The molecule has 0 bridgehead atoms. The van der Waals surface area contributed by atoms with Gasteiger partial charge in [0.25, 0.3) is 0 Å². The second kappa shape index (κ2) is 8.59. The molecule has 0 aliphatic carbocycles. The van der Waals surface area contributed by atoms with Crippen LogP contribution < -0.4 is 14.8 Å². The molecule has 0 fully saturated rings. The number of hydrogen-bond acceptors (Lipinski definition) is 3. The van der Waals surface area contributed by atoms with Gasteiger partial charge in [0.05, 0.1) is 7.11 Å². The smallest absolute Gasteiger partial charge is 0.161 e. The number of ether oxygens (including phenoxy) is 2. The fourth-order valence-electron chi connectivity index (χ4n) is 1.74. The highest BCUT2D eigenvalue weighted by Gasteiger charge is 2.05. The lowest BCUT2D eigenvalue weighted by Crippen LogP contribution is -2.29. The number of rotatable bonds is 9. The summed E-state index contributed by atoms with van der Waals surface area (Å²) in [6, 6.07) is 6.53. The van der Waals surface area contributed by atoms with Crippen LogP contribution in [0.15, 0.2) is 30.9 Å². The molecule has 0 aliphatic heterocycles. The zero-order chi connectivity index (χ0) is 14.1. The third-order valence-corrected chi connectivity index (χ3v) is 3.07. The minimum Gasteiger partial charge on any atom is -0.493 e.